The lowest BCUT2D eigenvalue weighted by molar-refractivity contribution is 0.0996. The summed E-state index contributed by atoms with van der Waals surface area (Å²) in [5.74, 6) is 1.14. The molecule has 3 rings (SSSR count). The quantitative estimate of drug-likeness (QED) is 0.848. The summed E-state index contributed by atoms with van der Waals surface area (Å²) in [6.07, 6.45) is 5.19. The van der Waals surface area contributed by atoms with Crippen LogP contribution in [-0.4, -0.2) is 10.9 Å². The largest absolute Gasteiger partial charge is 0.364 e. The predicted molar refractivity (Wildman–Crippen MR) is 77.2 cm³/mol. The number of hydrogen-bond donors (Lipinski definition) is 2. The Balaban J connectivity index is 1.90. The van der Waals surface area contributed by atoms with Crippen molar-refractivity contribution in [2.75, 3.05) is 0 Å². The van der Waals surface area contributed by atoms with Gasteiger partial charge in [-0.1, -0.05) is 31.9 Å². The number of fused-ring (bicyclic) bond motifs is 1. The van der Waals surface area contributed by atoms with Crippen LogP contribution in [0.2, 0.25) is 0 Å². The maximum atomic E-state index is 11.2. The third-order valence-electron chi connectivity index (χ3n) is 4.40. The van der Waals surface area contributed by atoms with Gasteiger partial charge in [0.15, 0.2) is 0 Å². The van der Waals surface area contributed by atoms with Crippen molar-refractivity contribution in [2.45, 2.75) is 38.5 Å². The Bertz CT molecular complexity index is 606. The van der Waals surface area contributed by atoms with Crippen LogP contribution in [0.15, 0.2) is 24.3 Å². The van der Waals surface area contributed by atoms with Crippen LogP contribution in [0.4, 0.5) is 0 Å². The maximum Gasteiger partial charge on any atom is 0.265 e. The average molecular weight is 256 g/mol. The number of amides is 1. The molecule has 1 saturated carbocycles. The highest BCUT2D eigenvalue weighted by atomic mass is 16.1. The summed E-state index contributed by atoms with van der Waals surface area (Å²) in [4.78, 5) is 14.3. The van der Waals surface area contributed by atoms with E-state index in [0.717, 1.165) is 16.8 Å². The van der Waals surface area contributed by atoms with E-state index in [-0.39, 0.29) is 0 Å². The normalized spacial score (nSPS) is 23.6. The summed E-state index contributed by atoms with van der Waals surface area (Å²) >= 11 is 0. The summed E-state index contributed by atoms with van der Waals surface area (Å²) in [6.45, 7) is 2.34. The van der Waals surface area contributed by atoms with E-state index >= 15 is 0 Å². The van der Waals surface area contributed by atoms with Gasteiger partial charge in [0.2, 0.25) is 0 Å². The molecule has 3 nitrogen and oxygen atoms in total. The van der Waals surface area contributed by atoms with Crippen LogP contribution in [-0.2, 0) is 0 Å². The molecule has 0 saturated heterocycles. The van der Waals surface area contributed by atoms with E-state index < -0.39 is 5.91 Å². The van der Waals surface area contributed by atoms with Crippen LogP contribution in [0.25, 0.3) is 10.9 Å². The van der Waals surface area contributed by atoms with Gasteiger partial charge >= 0.3 is 0 Å². The van der Waals surface area contributed by atoms with E-state index in [4.69, 9.17) is 5.73 Å². The minimum Gasteiger partial charge on any atom is -0.364 e. The van der Waals surface area contributed by atoms with Gasteiger partial charge in [-0.15, -0.1) is 0 Å². The molecule has 3 heteroatoms. The summed E-state index contributed by atoms with van der Waals surface area (Å²) in [6, 6.07) is 8.29. The first-order chi connectivity index (χ1) is 9.13. The minimum atomic E-state index is -0.399. The maximum absolute atomic E-state index is 11.2. The Morgan fingerprint density at radius 3 is 2.63 bits per heavy atom. The number of primary amides is 1. The molecule has 0 radical (unpaired) electrons. The zero-order chi connectivity index (χ0) is 13.4. The number of aromatic amines is 1. The Hall–Kier alpha value is -1.77. The van der Waals surface area contributed by atoms with Gasteiger partial charge in [-0.25, -0.2) is 0 Å². The number of H-pyrrole nitrogens is 1. The molecule has 1 fully saturated rings. The molecule has 0 unspecified atom stereocenters. The number of hydrogen-bond acceptors (Lipinski definition) is 1. The molecule has 0 bridgehead atoms. The first kappa shape index (κ1) is 12.3. The molecule has 19 heavy (non-hydrogen) atoms. The molecule has 1 aromatic carbocycles. The number of carbonyl (C=O) groups is 1. The van der Waals surface area contributed by atoms with Crippen molar-refractivity contribution >= 4 is 16.8 Å². The van der Waals surface area contributed by atoms with Crippen LogP contribution in [0, 0.1) is 5.92 Å². The number of aromatic nitrogens is 1. The van der Waals surface area contributed by atoms with Crippen molar-refractivity contribution in [2.24, 2.45) is 11.7 Å². The van der Waals surface area contributed by atoms with Gasteiger partial charge in [0.05, 0.1) is 0 Å². The molecule has 1 aromatic heterocycles. The first-order valence-corrected chi connectivity index (χ1v) is 7.06. The molecule has 1 aliphatic carbocycles. The Morgan fingerprint density at radius 1 is 1.21 bits per heavy atom. The zero-order valence-corrected chi connectivity index (χ0v) is 11.3. The molecule has 3 N–H and O–H groups in total. The molecule has 2 aromatic rings. The van der Waals surface area contributed by atoms with E-state index in [1.54, 1.807) is 0 Å². The number of benzene rings is 1. The van der Waals surface area contributed by atoms with Crippen molar-refractivity contribution in [3.8, 4) is 0 Å². The molecule has 1 amide bonds. The Morgan fingerprint density at radius 2 is 1.95 bits per heavy atom. The third kappa shape index (κ3) is 2.37. The van der Waals surface area contributed by atoms with Crippen LogP contribution < -0.4 is 5.73 Å². The fourth-order valence-electron chi connectivity index (χ4n) is 3.12. The summed E-state index contributed by atoms with van der Waals surface area (Å²) in [5, 5.41) is 1.06. The van der Waals surface area contributed by atoms with Crippen LogP contribution in [0.1, 0.15) is 54.6 Å². The number of carbonyl (C=O) groups excluding carboxylic acids is 1. The van der Waals surface area contributed by atoms with Crippen molar-refractivity contribution in [3.05, 3.63) is 35.5 Å². The van der Waals surface area contributed by atoms with Gasteiger partial charge in [0.25, 0.3) is 5.91 Å². The number of rotatable bonds is 2. The summed E-state index contributed by atoms with van der Waals surface area (Å²) in [5.41, 5.74) is 8.20. The highest BCUT2D eigenvalue weighted by Crippen LogP contribution is 2.36. The fourth-order valence-corrected chi connectivity index (χ4v) is 3.12. The molecule has 1 aliphatic rings. The topological polar surface area (TPSA) is 58.9 Å². The standard InChI is InChI=1S/C16H20N2O/c1-10-2-4-11(5-3-10)12-6-7-13-9-15(16(17)19)18-14(13)8-12/h6-11,18H,2-5H2,1H3,(H2,17,19). The lowest BCUT2D eigenvalue weighted by Crippen LogP contribution is -2.11. The SMILES string of the molecule is CC1CCC(c2ccc3cc(C(N)=O)[nH]c3c2)CC1. The minimum absolute atomic E-state index is 0.399. The van der Waals surface area contributed by atoms with E-state index in [1.165, 1.54) is 31.2 Å². The molecule has 100 valence electrons. The highest BCUT2D eigenvalue weighted by molar-refractivity contribution is 5.97. The zero-order valence-electron chi connectivity index (χ0n) is 11.3. The van der Waals surface area contributed by atoms with Gasteiger partial charge in [-0.2, -0.15) is 0 Å². The van der Waals surface area contributed by atoms with Gasteiger partial charge < -0.3 is 10.7 Å². The molecule has 0 spiro atoms. The van der Waals surface area contributed by atoms with E-state index in [1.807, 2.05) is 6.07 Å². The lowest BCUT2D eigenvalue weighted by Gasteiger charge is -2.26. The second-order valence-electron chi connectivity index (χ2n) is 5.85. The van der Waals surface area contributed by atoms with E-state index in [9.17, 15) is 4.79 Å². The highest BCUT2D eigenvalue weighted by Gasteiger charge is 2.20. The van der Waals surface area contributed by atoms with Crippen LogP contribution in [0.3, 0.4) is 0 Å². The second kappa shape index (κ2) is 4.72. The molecular weight excluding hydrogens is 236 g/mol. The monoisotopic (exact) mass is 256 g/mol. The van der Waals surface area contributed by atoms with E-state index in [0.29, 0.717) is 11.6 Å². The van der Waals surface area contributed by atoms with Crippen molar-refractivity contribution in [3.63, 3.8) is 0 Å². The average Bonchev–Trinajstić information content (AvgIpc) is 2.82. The van der Waals surface area contributed by atoms with Gasteiger partial charge in [0, 0.05) is 10.9 Å². The number of nitrogens with one attached hydrogen (secondary N) is 1. The fraction of sp³-hybridized carbons (Fsp3) is 0.438. The smallest absolute Gasteiger partial charge is 0.265 e. The van der Waals surface area contributed by atoms with E-state index in [2.05, 4.69) is 30.1 Å². The Labute approximate surface area is 113 Å². The Kier molecular flexibility index (Phi) is 3.05. The van der Waals surface area contributed by atoms with Gasteiger partial charge in [0.1, 0.15) is 5.69 Å². The van der Waals surface area contributed by atoms with Crippen LogP contribution >= 0.6 is 0 Å². The summed E-state index contributed by atoms with van der Waals surface area (Å²) < 4.78 is 0. The molecule has 1 heterocycles. The molecule has 0 aliphatic heterocycles. The van der Waals surface area contributed by atoms with Crippen molar-refractivity contribution in [1.29, 1.82) is 0 Å². The van der Waals surface area contributed by atoms with Gasteiger partial charge in [-0.3, -0.25) is 4.79 Å². The van der Waals surface area contributed by atoms with Crippen LogP contribution in [0.5, 0.6) is 0 Å². The third-order valence-corrected chi connectivity index (χ3v) is 4.40. The number of nitrogens with two attached hydrogens (primary N) is 1. The van der Waals surface area contributed by atoms with Crippen molar-refractivity contribution < 1.29 is 4.79 Å². The first-order valence-electron chi connectivity index (χ1n) is 7.06. The van der Waals surface area contributed by atoms with Crippen molar-refractivity contribution in [1.82, 2.24) is 4.98 Å². The summed E-state index contributed by atoms with van der Waals surface area (Å²) in [7, 11) is 0. The predicted octanol–water partition coefficient (Wildman–Crippen LogP) is 3.56. The van der Waals surface area contributed by atoms with Gasteiger partial charge in [-0.05, 0) is 42.4 Å². The molecular formula is C16H20N2O. The second-order valence-corrected chi connectivity index (χ2v) is 5.85. The lowest BCUT2D eigenvalue weighted by atomic mass is 9.79. The molecule has 0 atom stereocenters.